The number of ether oxygens (including phenoxy) is 1. The van der Waals surface area contributed by atoms with E-state index in [0.29, 0.717) is 25.0 Å². The summed E-state index contributed by atoms with van der Waals surface area (Å²) in [6, 6.07) is 2.86. The van der Waals surface area contributed by atoms with E-state index < -0.39 is 23.2 Å². The van der Waals surface area contributed by atoms with Gasteiger partial charge in [-0.2, -0.15) is 0 Å². The Morgan fingerprint density at radius 3 is 2.71 bits per heavy atom. The first-order chi connectivity index (χ1) is 13.4. The molecule has 4 rings (SSSR count). The highest BCUT2D eigenvalue weighted by Gasteiger charge is 2.58. The summed E-state index contributed by atoms with van der Waals surface area (Å²) in [4.78, 5) is 30.3. The summed E-state index contributed by atoms with van der Waals surface area (Å²) in [5.41, 5.74) is -0.513. The first-order valence-corrected chi connectivity index (χ1v) is 9.22. The first-order valence-electron chi connectivity index (χ1n) is 9.22. The van der Waals surface area contributed by atoms with Crippen LogP contribution < -0.4 is 5.32 Å². The molecule has 0 aromatic heterocycles. The van der Waals surface area contributed by atoms with Gasteiger partial charge >= 0.3 is 5.97 Å². The van der Waals surface area contributed by atoms with E-state index in [4.69, 9.17) is 9.57 Å². The van der Waals surface area contributed by atoms with Crippen molar-refractivity contribution in [3.63, 3.8) is 0 Å². The molecular weight excluding hydrogens is 370 g/mol. The maximum atomic E-state index is 13.6. The molecular formula is C20H20F2N2O4. The summed E-state index contributed by atoms with van der Waals surface area (Å²) in [6.07, 6.45) is 5.73. The maximum absolute atomic E-state index is 13.6. The fourth-order valence-electron chi connectivity index (χ4n) is 4.33. The Hall–Kier alpha value is -2.77. The van der Waals surface area contributed by atoms with E-state index in [1.807, 2.05) is 0 Å². The third-order valence-electron chi connectivity index (χ3n) is 5.69. The van der Waals surface area contributed by atoms with Crippen LogP contribution in [0.1, 0.15) is 31.2 Å². The third kappa shape index (κ3) is 3.06. The second-order valence-electron chi connectivity index (χ2n) is 7.39. The summed E-state index contributed by atoms with van der Waals surface area (Å²) < 4.78 is 32.0. The molecule has 1 aliphatic heterocycles. The molecule has 2 unspecified atom stereocenters. The van der Waals surface area contributed by atoms with Gasteiger partial charge in [-0.1, -0.05) is 17.3 Å². The Morgan fingerprint density at radius 1 is 1.25 bits per heavy atom. The molecule has 4 atom stereocenters. The number of halogens is 2. The fraction of sp³-hybridized carbons (Fsp3) is 0.450. The van der Waals surface area contributed by atoms with Crippen molar-refractivity contribution in [1.29, 1.82) is 0 Å². The molecule has 0 saturated heterocycles. The summed E-state index contributed by atoms with van der Waals surface area (Å²) >= 11 is 0. The number of benzene rings is 1. The topological polar surface area (TPSA) is 77.0 Å². The van der Waals surface area contributed by atoms with Crippen molar-refractivity contribution in [3.05, 3.63) is 47.5 Å². The monoisotopic (exact) mass is 390 g/mol. The van der Waals surface area contributed by atoms with Crippen LogP contribution in [0, 0.1) is 23.5 Å². The third-order valence-corrected chi connectivity index (χ3v) is 5.69. The Balaban J connectivity index is 1.50. The van der Waals surface area contributed by atoms with Crippen molar-refractivity contribution in [3.8, 4) is 0 Å². The molecule has 0 spiro atoms. The molecule has 1 saturated carbocycles. The first kappa shape index (κ1) is 18.6. The van der Waals surface area contributed by atoms with E-state index in [0.717, 1.165) is 12.5 Å². The number of rotatable bonds is 4. The van der Waals surface area contributed by atoms with Gasteiger partial charge in [0.05, 0.1) is 24.7 Å². The second kappa shape index (κ2) is 7.00. The minimum Gasteiger partial charge on any atom is -0.469 e. The number of carbonyl (C=O) groups excluding carboxylic acids is 2. The zero-order valence-corrected chi connectivity index (χ0v) is 15.3. The lowest BCUT2D eigenvalue weighted by atomic mass is 9.84. The van der Waals surface area contributed by atoms with Gasteiger partial charge in [0.2, 0.25) is 5.60 Å². The Kier molecular flexibility index (Phi) is 4.64. The molecule has 3 aliphatic rings. The van der Waals surface area contributed by atoms with E-state index in [9.17, 15) is 18.4 Å². The molecule has 6 nitrogen and oxygen atoms in total. The molecule has 1 fully saturated rings. The van der Waals surface area contributed by atoms with Gasteiger partial charge in [0.25, 0.3) is 5.91 Å². The summed E-state index contributed by atoms with van der Waals surface area (Å²) in [5, 5.41) is 6.93. The van der Waals surface area contributed by atoms with Crippen LogP contribution in [0.2, 0.25) is 0 Å². The van der Waals surface area contributed by atoms with Gasteiger partial charge < -0.3 is 14.9 Å². The number of hydrogen-bond acceptors (Lipinski definition) is 5. The summed E-state index contributed by atoms with van der Waals surface area (Å²) in [7, 11) is 1.32. The maximum Gasteiger partial charge on any atom is 0.312 e. The number of oxime groups is 1. The quantitative estimate of drug-likeness (QED) is 0.633. The number of amides is 1. The number of hydrogen-bond donors (Lipinski definition) is 1. The van der Waals surface area contributed by atoms with Gasteiger partial charge in [0.1, 0.15) is 11.6 Å². The number of fused-ring (bicyclic) bond motifs is 1. The predicted octanol–water partition coefficient (Wildman–Crippen LogP) is 2.47. The highest BCUT2D eigenvalue weighted by molar-refractivity contribution is 6.07. The van der Waals surface area contributed by atoms with Crippen LogP contribution in [0.25, 0.3) is 0 Å². The molecule has 0 bridgehead atoms. The minimum atomic E-state index is -1.19. The van der Waals surface area contributed by atoms with Crippen molar-refractivity contribution in [2.75, 3.05) is 7.11 Å². The lowest BCUT2D eigenvalue weighted by Gasteiger charge is -2.27. The standard InChI is InChI=1S/C20H20F2N2O4/c1-27-18(25)11-4-5-15(9-11)23-19(26)20-6-2-3-16(20)17(24-28-20)12-7-13(21)10-14(22)8-12/h4-5,7-8,10-11,15-16H,2-3,6,9H2,1H3,(H,23,26)/t11-,15+,16?,20?/m1/s1. The Bertz CT molecular complexity index is 865. The van der Waals surface area contributed by atoms with Gasteiger partial charge in [-0.3, -0.25) is 9.59 Å². The van der Waals surface area contributed by atoms with Crippen molar-refractivity contribution in [2.45, 2.75) is 37.3 Å². The van der Waals surface area contributed by atoms with E-state index in [-0.39, 0.29) is 29.4 Å². The van der Waals surface area contributed by atoms with E-state index in [1.54, 1.807) is 12.2 Å². The highest BCUT2D eigenvalue weighted by atomic mass is 19.1. The van der Waals surface area contributed by atoms with Crippen LogP contribution in [0.5, 0.6) is 0 Å². The molecule has 8 heteroatoms. The second-order valence-corrected chi connectivity index (χ2v) is 7.39. The van der Waals surface area contributed by atoms with Crippen molar-refractivity contribution in [1.82, 2.24) is 5.32 Å². The molecule has 28 heavy (non-hydrogen) atoms. The normalized spacial score (nSPS) is 30.5. The number of nitrogens with zero attached hydrogens (tertiary/aromatic N) is 1. The summed E-state index contributed by atoms with van der Waals surface area (Å²) in [5.74, 6) is -2.86. The lowest BCUT2D eigenvalue weighted by Crippen LogP contribution is -2.52. The fourth-order valence-corrected chi connectivity index (χ4v) is 4.33. The van der Waals surface area contributed by atoms with E-state index >= 15 is 0 Å². The average Bonchev–Trinajstić information content (AvgIpc) is 3.35. The van der Waals surface area contributed by atoms with Crippen molar-refractivity contribution in [2.24, 2.45) is 17.0 Å². The largest absolute Gasteiger partial charge is 0.469 e. The molecule has 1 heterocycles. The van der Waals surface area contributed by atoms with Crippen LogP contribution in [0.4, 0.5) is 8.78 Å². The van der Waals surface area contributed by atoms with E-state index in [2.05, 4.69) is 10.5 Å². The van der Waals surface area contributed by atoms with Crippen LogP contribution in [0.15, 0.2) is 35.5 Å². The predicted molar refractivity (Wildman–Crippen MR) is 95.2 cm³/mol. The number of esters is 1. The van der Waals surface area contributed by atoms with Gasteiger partial charge in [-0.15, -0.1) is 0 Å². The van der Waals surface area contributed by atoms with Crippen molar-refractivity contribution < 1.29 is 27.9 Å². The van der Waals surface area contributed by atoms with Crippen LogP contribution >= 0.6 is 0 Å². The van der Waals surface area contributed by atoms with Gasteiger partial charge in [-0.25, -0.2) is 8.78 Å². The molecule has 148 valence electrons. The molecule has 1 aromatic carbocycles. The van der Waals surface area contributed by atoms with Crippen LogP contribution in [0.3, 0.4) is 0 Å². The van der Waals surface area contributed by atoms with Gasteiger partial charge in [0.15, 0.2) is 0 Å². The molecule has 1 aromatic rings. The minimum absolute atomic E-state index is 0.283. The highest BCUT2D eigenvalue weighted by Crippen LogP contribution is 2.45. The molecule has 2 aliphatic carbocycles. The zero-order chi connectivity index (χ0) is 19.9. The molecule has 1 amide bonds. The molecule has 0 radical (unpaired) electrons. The van der Waals surface area contributed by atoms with Gasteiger partial charge in [0, 0.05) is 17.7 Å². The average molecular weight is 390 g/mol. The summed E-state index contributed by atoms with van der Waals surface area (Å²) in [6.45, 7) is 0. The van der Waals surface area contributed by atoms with Gasteiger partial charge in [-0.05, 0) is 37.8 Å². The zero-order valence-electron chi connectivity index (χ0n) is 15.3. The smallest absolute Gasteiger partial charge is 0.312 e. The number of methoxy groups -OCH3 is 1. The Labute approximate surface area is 160 Å². The van der Waals surface area contributed by atoms with Crippen molar-refractivity contribution >= 4 is 17.6 Å². The lowest BCUT2D eigenvalue weighted by molar-refractivity contribution is -0.147. The van der Waals surface area contributed by atoms with Crippen LogP contribution in [-0.4, -0.2) is 36.3 Å². The SMILES string of the molecule is COC(=O)[C@@H]1C=C[C@H](NC(=O)C23CCCC2C(c2cc(F)cc(F)c2)=NO3)C1. The molecule has 1 N–H and O–H groups in total. The number of carbonyl (C=O) groups is 2. The number of nitrogens with one attached hydrogen (secondary N) is 1. The van der Waals surface area contributed by atoms with Crippen LogP contribution in [-0.2, 0) is 19.2 Å². The van der Waals surface area contributed by atoms with E-state index in [1.165, 1.54) is 19.2 Å². The Morgan fingerprint density at radius 2 is 2.00 bits per heavy atom.